The Morgan fingerprint density at radius 3 is 2.65 bits per heavy atom. The molecule has 2 heterocycles. The van der Waals surface area contributed by atoms with Gasteiger partial charge in [-0.05, 0) is 19.4 Å². The molecular weight excluding hydrogens is 312 g/mol. The van der Waals surface area contributed by atoms with Gasteiger partial charge in [0, 0.05) is 10.4 Å². The van der Waals surface area contributed by atoms with Crippen molar-refractivity contribution in [1.29, 1.82) is 0 Å². The fourth-order valence-electron chi connectivity index (χ4n) is 2.63. The van der Waals surface area contributed by atoms with Crippen molar-refractivity contribution in [2.75, 3.05) is 7.11 Å². The van der Waals surface area contributed by atoms with Crippen molar-refractivity contribution in [3.8, 4) is 11.1 Å². The van der Waals surface area contributed by atoms with Crippen LogP contribution in [0.1, 0.15) is 17.8 Å². The van der Waals surface area contributed by atoms with Crippen molar-refractivity contribution in [3.63, 3.8) is 0 Å². The van der Waals surface area contributed by atoms with Gasteiger partial charge in [-0.1, -0.05) is 30.3 Å². The molecule has 0 radical (unpaired) electrons. The average molecular weight is 328 g/mol. The molecule has 23 heavy (non-hydrogen) atoms. The van der Waals surface area contributed by atoms with Crippen molar-refractivity contribution in [2.45, 2.75) is 19.9 Å². The van der Waals surface area contributed by atoms with Gasteiger partial charge < -0.3 is 4.74 Å². The van der Waals surface area contributed by atoms with Gasteiger partial charge in [-0.2, -0.15) is 0 Å². The molecule has 0 amide bonds. The number of aromatic nitrogens is 2. The highest BCUT2D eigenvalue weighted by Gasteiger charge is 2.21. The summed E-state index contributed by atoms with van der Waals surface area (Å²) in [6, 6.07) is 9.02. The van der Waals surface area contributed by atoms with Gasteiger partial charge in [0.05, 0.1) is 18.8 Å². The molecule has 3 rings (SSSR count). The van der Waals surface area contributed by atoms with E-state index in [1.807, 2.05) is 37.3 Å². The Balaban J connectivity index is 2.29. The van der Waals surface area contributed by atoms with E-state index < -0.39 is 12.0 Å². The van der Waals surface area contributed by atoms with Crippen molar-refractivity contribution in [3.05, 3.63) is 51.9 Å². The van der Waals surface area contributed by atoms with Crippen LogP contribution in [-0.4, -0.2) is 22.6 Å². The summed E-state index contributed by atoms with van der Waals surface area (Å²) in [7, 11) is 1.31. The smallest absolute Gasteiger partial charge is 0.328 e. The zero-order chi connectivity index (χ0) is 16.6. The van der Waals surface area contributed by atoms with Crippen molar-refractivity contribution in [1.82, 2.24) is 9.55 Å². The Labute approximate surface area is 137 Å². The lowest BCUT2D eigenvalue weighted by molar-refractivity contribution is -0.144. The molecule has 0 spiro atoms. The number of hydrogen-bond acceptors (Lipinski definition) is 5. The molecule has 0 saturated heterocycles. The highest BCUT2D eigenvalue weighted by Crippen LogP contribution is 2.35. The third kappa shape index (κ3) is 2.55. The molecule has 1 atom stereocenters. The summed E-state index contributed by atoms with van der Waals surface area (Å²) in [6.07, 6.45) is 1.41. The molecule has 0 aliphatic carbocycles. The van der Waals surface area contributed by atoms with Crippen LogP contribution in [0.15, 0.2) is 41.5 Å². The third-order valence-corrected chi connectivity index (χ3v) is 4.85. The number of rotatable bonds is 3. The van der Waals surface area contributed by atoms with Gasteiger partial charge in [-0.25, -0.2) is 9.78 Å². The lowest BCUT2D eigenvalue weighted by Crippen LogP contribution is -2.29. The van der Waals surface area contributed by atoms with E-state index in [1.54, 1.807) is 6.92 Å². The number of carbonyl (C=O) groups excluding carboxylic acids is 1. The molecule has 0 bridgehead atoms. The highest BCUT2D eigenvalue weighted by molar-refractivity contribution is 7.19. The number of nitrogens with zero attached hydrogens (tertiary/aromatic N) is 2. The van der Waals surface area contributed by atoms with Crippen molar-refractivity contribution >= 4 is 27.5 Å². The number of benzene rings is 1. The maximum Gasteiger partial charge on any atom is 0.328 e. The van der Waals surface area contributed by atoms with Crippen LogP contribution in [0.5, 0.6) is 0 Å². The Morgan fingerprint density at radius 1 is 1.30 bits per heavy atom. The van der Waals surface area contributed by atoms with Gasteiger partial charge in [0.15, 0.2) is 0 Å². The number of ether oxygens (including phenoxy) is 1. The van der Waals surface area contributed by atoms with Crippen LogP contribution in [0.2, 0.25) is 0 Å². The number of esters is 1. The molecule has 1 aromatic carbocycles. The summed E-state index contributed by atoms with van der Waals surface area (Å²) < 4.78 is 6.06. The maximum absolute atomic E-state index is 12.9. The number of fused-ring (bicyclic) bond motifs is 1. The summed E-state index contributed by atoms with van der Waals surface area (Å²) in [5.41, 5.74) is 1.63. The molecular formula is C17H16N2O3S. The topological polar surface area (TPSA) is 61.2 Å². The SMILES string of the molecule is COC(=O)C(C)n1cnc2sc(C)c(-c3ccccc3)c2c1=O. The minimum atomic E-state index is -0.715. The maximum atomic E-state index is 12.9. The second-order valence-electron chi connectivity index (χ2n) is 5.24. The third-order valence-electron chi connectivity index (χ3n) is 3.84. The first-order valence-corrected chi connectivity index (χ1v) is 7.99. The first-order chi connectivity index (χ1) is 11.0. The van der Waals surface area contributed by atoms with Gasteiger partial charge in [0.2, 0.25) is 0 Å². The zero-order valence-corrected chi connectivity index (χ0v) is 13.9. The number of hydrogen-bond donors (Lipinski definition) is 0. The fraction of sp³-hybridized carbons (Fsp3) is 0.235. The first-order valence-electron chi connectivity index (χ1n) is 7.18. The summed E-state index contributed by atoms with van der Waals surface area (Å²) in [6.45, 7) is 3.60. The summed E-state index contributed by atoms with van der Waals surface area (Å²) in [5.74, 6) is -0.471. The molecule has 0 fully saturated rings. The van der Waals surface area contributed by atoms with Gasteiger partial charge in [-0.3, -0.25) is 9.36 Å². The minimum absolute atomic E-state index is 0.226. The van der Waals surface area contributed by atoms with Crippen molar-refractivity contribution in [2.24, 2.45) is 0 Å². The van der Waals surface area contributed by atoms with E-state index in [0.29, 0.717) is 10.2 Å². The normalized spacial score (nSPS) is 12.3. The quantitative estimate of drug-likeness (QED) is 0.693. The summed E-state index contributed by atoms with van der Waals surface area (Å²) in [5, 5.41) is 0.553. The van der Waals surface area contributed by atoms with E-state index in [4.69, 9.17) is 4.74 Å². The number of methoxy groups -OCH3 is 1. The summed E-state index contributed by atoms with van der Waals surface area (Å²) >= 11 is 1.48. The van der Waals surface area contributed by atoms with Gasteiger partial charge in [0.1, 0.15) is 10.9 Å². The van der Waals surface area contributed by atoms with Crippen LogP contribution < -0.4 is 5.56 Å². The number of carbonyl (C=O) groups is 1. The second-order valence-corrected chi connectivity index (χ2v) is 6.44. The minimum Gasteiger partial charge on any atom is -0.467 e. The van der Waals surface area contributed by atoms with Crippen LogP contribution in [0.3, 0.4) is 0 Å². The predicted octanol–water partition coefficient (Wildman–Crippen LogP) is 3.17. The Hall–Kier alpha value is -2.47. The van der Waals surface area contributed by atoms with E-state index in [-0.39, 0.29) is 5.56 Å². The van der Waals surface area contributed by atoms with Crippen LogP contribution in [0.25, 0.3) is 21.3 Å². The van der Waals surface area contributed by atoms with Crippen LogP contribution >= 0.6 is 11.3 Å². The molecule has 0 saturated carbocycles. The molecule has 1 unspecified atom stereocenters. The molecule has 6 heteroatoms. The Bertz CT molecular complexity index is 928. The average Bonchev–Trinajstić information content (AvgIpc) is 2.91. The molecule has 0 N–H and O–H groups in total. The predicted molar refractivity (Wildman–Crippen MR) is 90.8 cm³/mol. The van der Waals surface area contributed by atoms with E-state index >= 15 is 0 Å². The highest BCUT2D eigenvalue weighted by atomic mass is 32.1. The van der Waals surface area contributed by atoms with Crippen LogP contribution in [-0.2, 0) is 9.53 Å². The first kappa shape index (κ1) is 15.4. The standard InChI is InChI=1S/C17H16N2O3S/c1-10(17(21)22-3)19-9-18-15-14(16(19)20)13(11(2)23-15)12-7-5-4-6-8-12/h4-10H,1-3H3. The molecule has 5 nitrogen and oxygen atoms in total. The lowest BCUT2D eigenvalue weighted by Gasteiger charge is -2.12. The molecule has 118 valence electrons. The van der Waals surface area contributed by atoms with Crippen LogP contribution in [0.4, 0.5) is 0 Å². The molecule has 3 aromatic rings. The Morgan fingerprint density at radius 2 is 2.00 bits per heavy atom. The van der Waals surface area contributed by atoms with Gasteiger partial charge in [0.25, 0.3) is 5.56 Å². The van der Waals surface area contributed by atoms with E-state index in [9.17, 15) is 9.59 Å². The fourth-order valence-corrected chi connectivity index (χ4v) is 3.63. The zero-order valence-electron chi connectivity index (χ0n) is 13.1. The van der Waals surface area contributed by atoms with Gasteiger partial charge in [-0.15, -0.1) is 11.3 Å². The number of thiophene rings is 1. The largest absolute Gasteiger partial charge is 0.467 e. The Kier molecular flexibility index (Phi) is 4.00. The molecule has 2 aromatic heterocycles. The second kappa shape index (κ2) is 5.96. The van der Waals surface area contributed by atoms with Gasteiger partial charge >= 0.3 is 5.97 Å². The molecule has 0 aliphatic heterocycles. The molecule has 0 aliphatic rings. The van der Waals surface area contributed by atoms with E-state index in [2.05, 4.69) is 4.98 Å². The summed E-state index contributed by atoms with van der Waals surface area (Å²) in [4.78, 5) is 30.7. The van der Waals surface area contributed by atoms with Crippen molar-refractivity contribution < 1.29 is 9.53 Å². The van der Waals surface area contributed by atoms with Crippen LogP contribution in [0, 0.1) is 6.92 Å². The van der Waals surface area contributed by atoms with E-state index in [1.165, 1.54) is 29.3 Å². The monoisotopic (exact) mass is 328 g/mol. The lowest BCUT2D eigenvalue weighted by atomic mass is 10.0. The number of aryl methyl sites for hydroxylation is 1. The van der Waals surface area contributed by atoms with E-state index in [0.717, 1.165) is 16.0 Å².